The van der Waals surface area contributed by atoms with Crippen molar-refractivity contribution < 1.29 is 0 Å². The van der Waals surface area contributed by atoms with Crippen LogP contribution in [0.3, 0.4) is 0 Å². The molecule has 0 radical (unpaired) electrons. The Morgan fingerprint density at radius 3 is 2.76 bits per heavy atom. The molecule has 1 fully saturated rings. The van der Waals surface area contributed by atoms with E-state index < -0.39 is 0 Å². The van der Waals surface area contributed by atoms with E-state index in [4.69, 9.17) is 17.3 Å². The van der Waals surface area contributed by atoms with Gasteiger partial charge in [0.15, 0.2) is 0 Å². The average Bonchev–Trinajstić information content (AvgIpc) is 2.29. The van der Waals surface area contributed by atoms with Crippen LogP contribution >= 0.6 is 23.4 Å². The summed E-state index contributed by atoms with van der Waals surface area (Å²) in [4.78, 5) is 2.45. The summed E-state index contributed by atoms with van der Waals surface area (Å²) in [6.45, 7) is 4.28. The molecule has 1 heterocycles. The van der Waals surface area contributed by atoms with Gasteiger partial charge in [-0.1, -0.05) is 11.6 Å². The maximum absolute atomic E-state index is 6.08. The fourth-order valence-corrected chi connectivity index (χ4v) is 3.28. The van der Waals surface area contributed by atoms with Gasteiger partial charge in [0, 0.05) is 41.3 Å². The lowest BCUT2D eigenvalue weighted by Crippen LogP contribution is -2.33. The van der Waals surface area contributed by atoms with Crippen LogP contribution in [-0.2, 0) is 6.42 Å². The van der Waals surface area contributed by atoms with Crippen molar-refractivity contribution in [2.75, 3.05) is 29.5 Å². The Labute approximate surface area is 113 Å². The van der Waals surface area contributed by atoms with Gasteiger partial charge in [-0.3, -0.25) is 0 Å². The number of rotatable bonds is 3. The highest BCUT2D eigenvalue weighted by Gasteiger charge is 2.15. The van der Waals surface area contributed by atoms with Gasteiger partial charge in [-0.05, 0) is 37.1 Å². The Hall–Kier alpha value is -0.380. The molecule has 1 aliphatic heterocycles. The fraction of sp³-hybridized carbons (Fsp3) is 0.538. The van der Waals surface area contributed by atoms with E-state index in [1.165, 1.54) is 22.8 Å². The van der Waals surface area contributed by atoms with Crippen LogP contribution in [0.2, 0.25) is 5.02 Å². The Morgan fingerprint density at radius 2 is 2.12 bits per heavy atom. The van der Waals surface area contributed by atoms with Crippen LogP contribution < -0.4 is 10.6 Å². The average molecular weight is 271 g/mol. The van der Waals surface area contributed by atoms with Gasteiger partial charge < -0.3 is 10.6 Å². The first-order valence-corrected chi connectivity index (χ1v) is 7.57. The van der Waals surface area contributed by atoms with E-state index in [0.717, 1.165) is 24.5 Å². The van der Waals surface area contributed by atoms with Crippen molar-refractivity contribution >= 4 is 29.1 Å². The number of hydrogen-bond donors (Lipinski definition) is 1. The zero-order valence-electron chi connectivity index (χ0n) is 10.2. The van der Waals surface area contributed by atoms with Crippen LogP contribution in [0.5, 0.6) is 0 Å². The molecule has 0 spiro atoms. The van der Waals surface area contributed by atoms with Gasteiger partial charge >= 0.3 is 0 Å². The molecule has 1 aliphatic rings. The van der Waals surface area contributed by atoms with Crippen LogP contribution in [0.25, 0.3) is 0 Å². The van der Waals surface area contributed by atoms with Gasteiger partial charge in [-0.2, -0.15) is 11.8 Å². The first kappa shape index (κ1) is 13.1. The van der Waals surface area contributed by atoms with Gasteiger partial charge in [-0.25, -0.2) is 0 Å². The molecule has 0 bridgehead atoms. The predicted octanol–water partition coefficient (Wildman–Crippen LogP) is 2.78. The first-order valence-electron chi connectivity index (χ1n) is 6.03. The van der Waals surface area contributed by atoms with E-state index in [1.54, 1.807) is 0 Å². The molecule has 0 saturated carbocycles. The lowest BCUT2D eigenvalue weighted by molar-refractivity contribution is 0.731. The molecule has 1 saturated heterocycles. The summed E-state index contributed by atoms with van der Waals surface area (Å²) in [6.07, 6.45) is 0.888. The van der Waals surface area contributed by atoms with Crippen molar-refractivity contribution in [3.05, 3.63) is 28.8 Å². The summed E-state index contributed by atoms with van der Waals surface area (Å²) in [6, 6.07) is 6.34. The van der Waals surface area contributed by atoms with E-state index in [9.17, 15) is 0 Å². The molecule has 0 amide bonds. The number of nitrogens with two attached hydrogens (primary N) is 1. The summed E-state index contributed by atoms with van der Waals surface area (Å²) in [5.41, 5.74) is 8.50. The van der Waals surface area contributed by atoms with Crippen molar-refractivity contribution in [3.8, 4) is 0 Å². The van der Waals surface area contributed by atoms with Crippen LogP contribution in [0, 0.1) is 0 Å². The third-order valence-electron chi connectivity index (χ3n) is 2.94. The molecule has 1 aromatic rings. The Balaban J connectivity index is 2.24. The summed E-state index contributed by atoms with van der Waals surface area (Å²) < 4.78 is 0. The predicted molar refractivity (Wildman–Crippen MR) is 78.3 cm³/mol. The van der Waals surface area contributed by atoms with Gasteiger partial charge in [0.05, 0.1) is 0 Å². The Kier molecular flexibility index (Phi) is 4.60. The molecule has 2 nitrogen and oxygen atoms in total. The number of anilines is 1. The maximum atomic E-state index is 6.08. The molecular formula is C13H19ClN2S. The van der Waals surface area contributed by atoms with Crippen LogP contribution in [0.1, 0.15) is 12.5 Å². The number of halogens is 1. The minimum Gasteiger partial charge on any atom is -0.370 e. The number of thioether (sulfide) groups is 1. The second kappa shape index (κ2) is 5.98. The minimum atomic E-state index is 0.173. The molecule has 17 heavy (non-hydrogen) atoms. The van der Waals surface area contributed by atoms with Gasteiger partial charge in [0.2, 0.25) is 0 Å². The van der Waals surface area contributed by atoms with Crippen LogP contribution in [0.15, 0.2) is 18.2 Å². The summed E-state index contributed by atoms with van der Waals surface area (Å²) in [5, 5.41) is 0.802. The van der Waals surface area contributed by atoms with Crippen molar-refractivity contribution in [3.63, 3.8) is 0 Å². The first-order chi connectivity index (χ1) is 8.16. The normalized spacial score (nSPS) is 18.2. The van der Waals surface area contributed by atoms with Crippen molar-refractivity contribution in [1.82, 2.24) is 0 Å². The second-order valence-corrected chi connectivity index (χ2v) is 6.22. The van der Waals surface area contributed by atoms with Gasteiger partial charge in [-0.15, -0.1) is 0 Å². The minimum absolute atomic E-state index is 0.173. The van der Waals surface area contributed by atoms with Crippen molar-refractivity contribution in [2.45, 2.75) is 19.4 Å². The number of nitrogens with zero attached hydrogens (tertiary/aromatic N) is 1. The summed E-state index contributed by atoms with van der Waals surface area (Å²) in [7, 11) is 0. The standard InChI is InChI=1S/C13H19ClN2S/c1-10(15)8-11-9-12(14)2-3-13(11)16-4-6-17-7-5-16/h2-3,9-10H,4-8,15H2,1H3. The highest BCUT2D eigenvalue weighted by atomic mass is 35.5. The van der Waals surface area contributed by atoms with Crippen molar-refractivity contribution in [2.24, 2.45) is 5.73 Å². The van der Waals surface area contributed by atoms with E-state index in [2.05, 4.69) is 17.0 Å². The van der Waals surface area contributed by atoms with E-state index >= 15 is 0 Å². The smallest absolute Gasteiger partial charge is 0.0410 e. The molecule has 94 valence electrons. The molecule has 0 aromatic heterocycles. The fourth-order valence-electron chi connectivity index (χ4n) is 2.18. The monoisotopic (exact) mass is 270 g/mol. The number of hydrogen-bond acceptors (Lipinski definition) is 3. The maximum Gasteiger partial charge on any atom is 0.0410 e. The molecule has 2 N–H and O–H groups in total. The van der Waals surface area contributed by atoms with E-state index in [1.807, 2.05) is 24.8 Å². The van der Waals surface area contributed by atoms with E-state index in [-0.39, 0.29) is 6.04 Å². The zero-order chi connectivity index (χ0) is 12.3. The van der Waals surface area contributed by atoms with Gasteiger partial charge in [0.1, 0.15) is 0 Å². The quantitative estimate of drug-likeness (QED) is 0.916. The number of benzene rings is 1. The Morgan fingerprint density at radius 1 is 1.41 bits per heavy atom. The summed E-state index contributed by atoms with van der Waals surface area (Å²) in [5.74, 6) is 2.42. The topological polar surface area (TPSA) is 29.3 Å². The largest absolute Gasteiger partial charge is 0.370 e. The van der Waals surface area contributed by atoms with Crippen LogP contribution in [0.4, 0.5) is 5.69 Å². The molecule has 1 atom stereocenters. The SMILES string of the molecule is CC(N)Cc1cc(Cl)ccc1N1CCSCC1. The lowest BCUT2D eigenvalue weighted by atomic mass is 10.0. The molecule has 0 aliphatic carbocycles. The molecule has 4 heteroatoms. The summed E-state index contributed by atoms with van der Waals surface area (Å²) >= 11 is 8.10. The second-order valence-electron chi connectivity index (χ2n) is 4.55. The highest BCUT2D eigenvalue weighted by Crippen LogP contribution is 2.27. The highest BCUT2D eigenvalue weighted by molar-refractivity contribution is 7.99. The Bertz CT molecular complexity index is 376. The molecule has 1 aromatic carbocycles. The molecular weight excluding hydrogens is 252 g/mol. The zero-order valence-corrected chi connectivity index (χ0v) is 11.7. The van der Waals surface area contributed by atoms with E-state index in [0.29, 0.717) is 0 Å². The van der Waals surface area contributed by atoms with Crippen molar-refractivity contribution in [1.29, 1.82) is 0 Å². The van der Waals surface area contributed by atoms with Gasteiger partial charge in [0.25, 0.3) is 0 Å². The third kappa shape index (κ3) is 3.54. The molecule has 2 rings (SSSR count). The lowest BCUT2D eigenvalue weighted by Gasteiger charge is -2.30. The molecule has 1 unspecified atom stereocenters. The third-order valence-corrected chi connectivity index (χ3v) is 4.11. The van der Waals surface area contributed by atoms with Crippen LogP contribution in [-0.4, -0.2) is 30.6 Å².